The minimum Gasteiger partial charge on any atom is -0.459 e. The molecular formula is C13H18N2O5S. The summed E-state index contributed by atoms with van der Waals surface area (Å²) in [5.41, 5.74) is 0. The van der Waals surface area contributed by atoms with Crippen LogP contribution in [0.25, 0.3) is 0 Å². The van der Waals surface area contributed by atoms with Gasteiger partial charge in [0.1, 0.15) is 0 Å². The Morgan fingerprint density at radius 3 is 2.95 bits per heavy atom. The van der Waals surface area contributed by atoms with Gasteiger partial charge in [0.25, 0.3) is 5.91 Å². The van der Waals surface area contributed by atoms with Crippen LogP contribution in [0.15, 0.2) is 22.8 Å². The Balaban J connectivity index is 1.62. The van der Waals surface area contributed by atoms with E-state index in [2.05, 4.69) is 4.72 Å². The lowest BCUT2D eigenvalue weighted by molar-refractivity contribution is 0.0652. The summed E-state index contributed by atoms with van der Waals surface area (Å²) in [6.07, 6.45) is 2.59. The van der Waals surface area contributed by atoms with Crippen LogP contribution < -0.4 is 4.72 Å². The minimum absolute atomic E-state index is 0.0183. The second-order valence-electron chi connectivity index (χ2n) is 5.60. The summed E-state index contributed by atoms with van der Waals surface area (Å²) in [6, 6.07) is 3.32. The van der Waals surface area contributed by atoms with Gasteiger partial charge in [-0.25, -0.2) is 13.1 Å². The van der Waals surface area contributed by atoms with Crippen LogP contribution in [0.5, 0.6) is 0 Å². The molecular weight excluding hydrogens is 296 g/mol. The van der Waals surface area contributed by atoms with Crippen LogP contribution in [0.2, 0.25) is 0 Å². The van der Waals surface area contributed by atoms with Crippen molar-refractivity contribution in [2.24, 2.45) is 11.8 Å². The van der Waals surface area contributed by atoms with E-state index >= 15 is 0 Å². The number of fused-ring (bicyclic) bond motifs is 1. The van der Waals surface area contributed by atoms with Crippen molar-refractivity contribution in [3.8, 4) is 0 Å². The first-order valence-corrected chi connectivity index (χ1v) is 8.72. The molecule has 3 rings (SSSR count). The Kier molecular flexibility index (Phi) is 3.76. The quantitative estimate of drug-likeness (QED) is 0.839. The van der Waals surface area contributed by atoms with E-state index in [4.69, 9.17) is 9.15 Å². The van der Waals surface area contributed by atoms with Crippen molar-refractivity contribution < 1.29 is 22.4 Å². The number of ether oxygens (including phenoxy) is 1. The first kappa shape index (κ1) is 14.6. The van der Waals surface area contributed by atoms with E-state index in [1.165, 1.54) is 6.26 Å². The minimum atomic E-state index is -3.21. The molecule has 2 saturated heterocycles. The Bertz CT molecular complexity index is 613. The SMILES string of the molecule is CS(=O)(=O)NC[C@H]1CO[C@@H]2CN(C(=O)c3ccco3)C[C@H]12. The number of amides is 1. The lowest BCUT2D eigenvalue weighted by atomic mass is 9.93. The molecule has 0 radical (unpaired) electrons. The molecule has 0 spiro atoms. The van der Waals surface area contributed by atoms with E-state index in [1.54, 1.807) is 17.0 Å². The van der Waals surface area contributed by atoms with Crippen LogP contribution >= 0.6 is 0 Å². The maximum atomic E-state index is 12.2. The standard InChI is InChI=1S/C13H18N2O5S/c1-21(17,18)14-5-9-8-20-12-7-15(6-10(9)12)13(16)11-3-2-4-19-11/h2-4,9-10,12,14H,5-8H2,1H3/t9-,10+,12+/m0/s1. The summed E-state index contributed by atoms with van der Waals surface area (Å²) in [5.74, 6) is 0.436. The maximum Gasteiger partial charge on any atom is 0.289 e. The van der Waals surface area contributed by atoms with Gasteiger partial charge in [-0.15, -0.1) is 0 Å². The molecule has 1 aromatic rings. The molecule has 2 aliphatic heterocycles. The van der Waals surface area contributed by atoms with Gasteiger partial charge in [-0.1, -0.05) is 0 Å². The zero-order valence-electron chi connectivity index (χ0n) is 11.7. The molecule has 0 aromatic carbocycles. The molecule has 2 fully saturated rings. The number of sulfonamides is 1. The van der Waals surface area contributed by atoms with Gasteiger partial charge in [-0.3, -0.25) is 4.79 Å². The van der Waals surface area contributed by atoms with Crippen LogP contribution in [0.3, 0.4) is 0 Å². The van der Waals surface area contributed by atoms with E-state index in [1.807, 2.05) is 0 Å². The lowest BCUT2D eigenvalue weighted by Crippen LogP contribution is -2.34. The Hall–Kier alpha value is -1.38. The number of carbonyl (C=O) groups excluding carboxylic acids is 1. The molecule has 7 nitrogen and oxygen atoms in total. The Morgan fingerprint density at radius 2 is 2.29 bits per heavy atom. The summed E-state index contributed by atoms with van der Waals surface area (Å²) < 4.78 is 35.7. The van der Waals surface area contributed by atoms with E-state index in [0.29, 0.717) is 32.0 Å². The second-order valence-corrected chi connectivity index (χ2v) is 7.44. The van der Waals surface area contributed by atoms with Crippen LogP contribution in [0, 0.1) is 11.8 Å². The molecule has 2 aliphatic rings. The highest BCUT2D eigenvalue weighted by Gasteiger charge is 2.45. The summed E-state index contributed by atoms with van der Waals surface area (Å²) in [4.78, 5) is 13.9. The number of hydrogen-bond acceptors (Lipinski definition) is 5. The normalized spacial score (nSPS) is 28.8. The van der Waals surface area contributed by atoms with Crippen LogP contribution in [0.1, 0.15) is 10.6 Å². The molecule has 1 aromatic heterocycles. The molecule has 0 unspecified atom stereocenters. The topological polar surface area (TPSA) is 88.9 Å². The van der Waals surface area contributed by atoms with Crippen molar-refractivity contribution in [3.63, 3.8) is 0 Å². The molecule has 0 bridgehead atoms. The summed E-state index contributed by atoms with van der Waals surface area (Å²) >= 11 is 0. The van der Waals surface area contributed by atoms with Gasteiger partial charge >= 0.3 is 0 Å². The summed E-state index contributed by atoms with van der Waals surface area (Å²) in [5, 5.41) is 0. The number of nitrogens with zero attached hydrogens (tertiary/aromatic N) is 1. The summed E-state index contributed by atoms with van der Waals surface area (Å²) in [7, 11) is -3.21. The van der Waals surface area contributed by atoms with Crippen LogP contribution in [-0.4, -0.2) is 57.8 Å². The Morgan fingerprint density at radius 1 is 1.48 bits per heavy atom. The molecule has 1 N–H and O–H groups in total. The van der Waals surface area contributed by atoms with Gasteiger partial charge in [0, 0.05) is 31.5 Å². The van der Waals surface area contributed by atoms with Gasteiger partial charge in [-0.2, -0.15) is 0 Å². The second kappa shape index (κ2) is 5.43. The van der Waals surface area contributed by atoms with Crippen LogP contribution in [-0.2, 0) is 14.8 Å². The molecule has 1 amide bonds. The number of hydrogen-bond donors (Lipinski definition) is 1. The van der Waals surface area contributed by atoms with Crippen molar-refractivity contribution in [2.45, 2.75) is 6.10 Å². The van der Waals surface area contributed by atoms with Crippen molar-refractivity contribution >= 4 is 15.9 Å². The highest BCUT2D eigenvalue weighted by atomic mass is 32.2. The molecule has 0 saturated carbocycles. The lowest BCUT2D eigenvalue weighted by Gasteiger charge is -2.19. The third-order valence-corrected chi connectivity index (χ3v) is 4.76. The number of rotatable bonds is 4. The first-order chi connectivity index (χ1) is 9.94. The molecule has 116 valence electrons. The van der Waals surface area contributed by atoms with Gasteiger partial charge in [0.05, 0.1) is 25.2 Å². The fraction of sp³-hybridized carbons (Fsp3) is 0.615. The fourth-order valence-electron chi connectivity index (χ4n) is 2.99. The predicted molar refractivity (Wildman–Crippen MR) is 74.2 cm³/mol. The van der Waals surface area contributed by atoms with Crippen molar-refractivity contribution in [3.05, 3.63) is 24.2 Å². The molecule has 0 aliphatic carbocycles. The van der Waals surface area contributed by atoms with Gasteiger partial charge in [-0.05, 0) is 12.1 Å². The zero-order chi connectivity index (χ0) is 15.0. The highest BCUT2D eigenvalue weighted by Crippen LogP contribution is 2.34. The third kappa shape index (κ3) is 3.12. The molecule has 21 heavy (non-hydrogen) atoms. The summed E-state index contributed by atoms with van der Waals surface area (Å²) in [6.45, 7) is 1.98. The highest BCUT2D eigenvalue weighted by molar-refractivity contribution is 7.88. The van der Waals surface area contributed by atoms with Crippen LogP contribution in [0.4, 0.5) is 0 Å². The largest absolute Gasteiger partial charge is 0.459 e. The number of likely N-dealkylation sites (tertiary alicyclic amines) is 1. The van der Waals surface area contributed by atoms with E-state index in [-0.39, 0.29) is 23.8 Å². The smallest absolute Gasteiger partial charge is 0.289 e. The van der Waals surface area contributed by atoms with E-state index in [9.17, 15) is 13.2 Å². The van der Waals surface area contributed by atoms with E-state index < -0.39 is 10.0 Å². The Labute approximate surface area is 123 Å². The van der Waals surface area contributed by atoms with E-state index in [0.717, 1.165) is 6.26 Å². The molecule has 3 atom stereocenters. The zero-order valence-corrected chi connectivity index (χ0v) is 12.5. The first-order valence-electron chi connectivity index (χ1n) is 6.83. The predicted octanol–water partition coefficient (Wildman–Crippen LogP) is -0.0842. The average molecular weight is 314 g/mol. The van der Waals surface area contributed by atoms with Gasteiger partial charge in [0.2, 0.25) is 10.0 Å². The molecule has 8 heteroatoms. The van der Waals surface area contributed by atoms with Crippen molar-refractivity contribution in [1.29, 1.82) is 0 Å². The van der Waals surface area contributed by atoms with Crippen molar-refractivity contribution in [2.75, 3.05) is 32.5 Å². The fourth-order valence-corrected chi connectivity index (χ4v) is 3.51. The third-order valence-electron chi connectivity index (χ3n) is 4.07. The van der Waals surface area contributed by atoms with Gasteiger partial charge in [0.15, 0.2) is 5.76 Å². The van der Waals surface area contributed by atoms with Crippen molar-refractivity contribution in [1.82, 2.24) is 9.62 Å². The van der Waals surface area contributed by atoms with Gasteiger partial charge < -0.3 is 14.1 Å². The number of nitrogens with one attached hydrogen (secondary N) is 1. The molecule has 3 heterocycles. The average Bonchev–Trinajstić information content (AvgIpc) is 3.11. The maximum absolute atomic E-state index is 12.2. The monoisotopic (exact) mass is 314 g/mol. The number of carbonyl (C=O) groups is 1. The number of furan rings is 1.